The number of piperidine rings is 1. The summed E-state index contributed by atoms with van der Waals surface area (Å²) in [5.41, 5.74) is 5.24. The third-order valence-electron chi connectivity index (χ3n) is 4.89. The monoisotopic (exact) mass is 298 g/mol. The summed E-state index contributed by atoms with van der Waals surface area (Å²) in [6.07, 6.45) is 7.63. The van der Waals surface area contributed by atoms with E-state index in [4.69, 9.17) is 0 Å². The molecule has 0 N–H and O–H groups in total. The van der Waals surface area contributed by atoms with Gasteiger partial charge in [0, 0.05) is 43.8 Å². The Morgan fingerprint density at radius 3 is 2.86 bits per heavy atom. The van der Waals surface area contributed by atoms with Crippen molar-refractivity contribution in [1.29, 1.82) is 0 Å². The Balaban J connectivity index is 1.63. The van der Waals surface area contributed by atoms with E-state index in [-0.39, 0.29) is 0 Å². The molecule has 1 fully saturated rings. The van der Waals surface area contributed by atoms with Crippen LogP contribution < -0.4 is 0 Å². The summed E-state index contributed by atoms with van der Waals surface area (Å²) in [5, 5.41) is 4.54. The normalized spacial score (nSPS) is 19.5. The van der Waals surface area contributed by atoms with Crippen LogP contribution in [0.1, 0.15) is 35.4 Å². The Kier molecular flexibility index (Phi) is 4.57. The van der Waals surface area contributed by atoms with Crippen molar-refractivity contribution in [3.05, 3.63) is 47.0 Å². The number of likely N-dealkylation sites (tertiary alicyclic amines) is 1. The van der Waals surface area contributed by atoms with Crippen LogP contribution in [0, 0.1) is 19.8 Å². The summed E-state index contributed by atoms with van der Waals surface area (Å²) in [6, 6.07) is 4.24. The van der Waals surface area contributed by atoms with Crippen LogP contribution >= 0.6 is 0 Å². The summed E-state index contributed by atoms with van der Waals surface area (Å²) in [6.45, 7) is 7.72. The van der Waals surface area contributed by atoms with E-state index in [1.54, 1.807) is 0 Å². The smallest absolute Gasteiger partial charge is 0.0641 e. The highest BCUT2D eigenvalue weighted by Crippen LogP contribution is 2.23. The molecule has 3 rings (SSSR count). The molecular formula is C18H26N4. The van der Waals surface area contributed by atoms with E-state index in [0.29, 0.717) is 0 Å². The van der Waals surface area contributed by atoms with E-state index in [1.165, 1.54) is 48.4 Å². The van der Waals surface area contributed by atoms with Crippen LogP contribution in [0.25, 0.3) is 0 Å². The van der Waals surface area contributed by atoms with Gasteiger partial charge in [0.15, 0.2) is 0 Å². The molecule has 0 radical (unpaired) electrons. The van der Waals surface area contributed by atoms with Crippen LogP contribution in [0.4, 0.5) is 0 Å². The molecule has 0 unspecified atom stereocenters. The second-order valence-electron chi connectivity index (χ2n) is 6.58. The summed E-state index contributed by atoms with van der Waals surface area (Å²) in [4.78, 5) is 6.84. The molecule has 0 aliphatic carbocycles. The third kappa shape index (κ3) is 3.38. The van der Waals surface area contributed by atoms with Gasteiger partial charge >= 0.3 is 0 Å². The van der Waals surface area contributed by atoms with Crippen LogP contribution in [-0.4, -0.2) is 32.8 Å². The first-order valence-electron chi connectivity index (χ1n) is 8.24. The lowest BCUT2D eigenvalue weighted by Crippen LogP contribution is -2.36. The van der Waals surface area contributed by atoms with Crippen molar-refractivity contribution in [3.8, 4) is 0 Å². The van der Waals surface area contributed by atoms with Crippen LogP contribution in [0.15, 0.2) is 24.5 Å². The topological polar surface area (TPSA) is 34.0 Å². The first-order valence-corrected chi connectivity index (χ1v) is 8.24. The maximum absolute atomic E-state index is 4.54. The maximum Gasteiger partial charge on any atom is 0.0641 e. The highest BCUT2D eigenvalue weighted by Gasteiger charge is 2.22. The zero-order chi connectivity index (χ0) is 15.5. The number of hydrogen-bond donors (Lipinski definition) is 0. The minimum absolute atomic E-state index is 0.746. The fraction of sp³-hybridized carbons (Fsp3) is 0.556. The van der Waals surface area contributed by atoms with Gasteiger partial charge in [-0.15, -0.1) is 0 Å². The summed E-state index contributed by atoms with van der Waals surface area (Å²) in [5.74, 6) is 0.746. The minimum Gasteiger partial charge on any atom is -0.299 e. The number of aryl methyl sites for hydroxylation is 2. The zero-order valence-corrected chi connectivity index (χ0v) is 13.9. The molecule has 22 heavy (non-hydrogen) atoms. The average molecular weight is 298 g/mol. The molecule has 0 bridgehead atoms. The highest BCUT2D eigenvalue weighted by molar-refractivity contribution is 5.24. The fourth-order valence-corrected chi connectivity index (χ4v) is 3.58. The van der Waals surface area contributed by atoms with E-state index < -0.39 is 0 Å². The standard InChI is InChI=1S/C18H26N4/c1-14-18(15(2)21(3)20-14)13-22-9-5-7-17(12-22)10-16-6-4-8-19-11-16/h4,6,8,11,17H,5,7,9-10,12-13H2,1-3H3/t17-/m0/s1. The van der Waals surface area contributed by atoms with E-state index in [0.717, 1.165) is 18.9 Å². The lowest BCUT2D eigenvalue weighted by molar-refractivity contribution is 0.166. The van der Waals surface area contributed by atoms with E-state index >= 15 is 0 Å². The Morgan fingerprint density at radius 2 is 2.18 bits per heavy atom. The number of pyridine rings is 1. The molecule has 1 saturated heterocycles. The van der Waals surface area contributed by atoms with Crippen molar-refractivity contribution in [2.45, 2.75) is 39.7 Å². The molecule has 3 heterocycles. The Hall–Kier alpha value is -1.68. The number of nitrogens with zero attached hydrogens (tertiary/aromatic N) is 4. The molecule has 2 aromatic heterocycles. The van der Waals surface area contributed by atoms with E-state index in [1.807, 2.05) is 30.2 Å². The van der Waals surface area contributed by atoms with Gasteiger partial charge in [-0.05, 0) is 57.2 Å². The molecule has 1 aliphatic rings. The number of hydrogen-bond acceptors (Lipinski definition) is 3. The highest BCUT2D eigenvalue weighted by atomic mass is 15.3. The largest absolute Gasteiger partial charge is 0.299 e. The molecule has 0 aromatic carbocycles. The van der Waals surface area contributed by atoms with Gasteiger partial charge in [-0.1, -0.05) is 6.07 Å². The molecular weight excluding hydrogens is 272 g/mol. The first-order chi connectivity index (χ1) is 10.6. The Labute approximate surface area is 133 Å². The quantitative estimate of drug-likeness (QED) is 0.870. The Bertz CT molecular complexity index is 618. The van der Waals surface area contributed by atoms with Crippen molar-refractivity contribution in [3.63, 3.8) is 0 Å². The second kappa shape index (κ2) is 6.61. The SMILES string of the molecule is Cc1nn(C)c(C)c1CN1CCC[C@@H](Cc2cccnc2)C1. The molecule has 2 aromatic rings. The van der Waals surface area contributed by atoms with E-state index in [9.17, 15) is 0 Å². The van der Waals surface area contributed by atoms with Crippen LogP contribution in [0.5, 0.6) is 0 Å². The van der Waals surface area contributed by atoms with Crippen molar-refractivity contribution in [1.82, 2.24) is 19.7 Å². The van der Waals surface area contributed by atoms with Gasteiger partial charge in [-0.2, -0.15) is 5.10 Å². The van der Waals surface area contributed by atoms with Gasteiger partial charge < -0.3 is 0 Å². The van der Waals surface area contributed by atoms with Crippen LogP contribution in [-0.2, 0) is 20.0 Å². The summed E-state index contributed by atoms with van der Waals surface area (Å²) in [7, 11) is 2.03. The molecule has 0 spiro atoms. The zero-order valence-electron chi connectivity index (χ0n) is 13.9. The van der Waals surface area contributed by atoms with Gasteiger partial charge in [-0.25, -0.2) is 0 Å². The molecule has 4 nitrogen and oxygen atoms in total. The van der Waals surface area contributed by atoms with Crippen molar-refractivity contribution >= 4 is 0 Å². The third-order valence-corrected chi connectivity index (χ3v) is 4.89. The summed E-state index contributed by atoms with van der Waals surface area (Å²) < 4.78 is 2.00. The summed E-state index contributed by atoms with van der Waals surface area (Å²) >= 11 is 0. The Morgan fingerprint density at radius 1 is 1.32 bits per heavy atom. The van der Waals surface area contributed by atoms with Gasteiger partial charge in [-0.3, -0.25) is 14.6 Å². The maximum atomic E-state index is 4.54. The second-order valence-corrected chi connectivity index (χ2v) is 6.58. The minimum atomic E-state index is 0.746. The van der Waals surface area contributed by atoms with Crippen molar-refractivity contribution in [2.24, 2.45) is 13.0 Å². The van der Waals surface area contributed by atoms with Crippen LogP contribution in [0.2, 0.25) is 0 Å². The van der Waals surface area contributed by atoms with Gasteiger partial charge in [0.25, 0.3) is 0 Å². The van der Waals surface area contributed by atoms with Gasteiger partial charge in [0.1, 0.15) is 0 Å². The van der Waals surface area contributed by atoms with Crippen molar-refractivity contribution in [2.75, 3.05) is 13.1 Å². The lowest BCUT2D eigenvalue weighted by atomic mass is 9.91. The van der Waals surface area contributed by atoms with Gasteiger partial charge in [0.05, 0.1) is 5.69 Å². The predicted octanol–water partition coefficient (Wildman–Crippen LogP) is 2.89. The number of aromatic nitrogens is 3. The molecule has 0 saturated carbocycles. The fourth-order valence-electron chi connectivity index (χ4n) is 3.58. The average Bonchev–Trinajstić information content (AvgIpc) is 2.75. The van der Waals surface area contributed by atoms with Crippen LogP contribution in [0.3, 0.4) is 0 Å². The van der Waals surface area contributed by atoms with E-state index in [2.05, 4.69) is 34.9 Å². The van der Waals surface area contributed by atoms with Crippen molar-refractivity contribution < 1.29 is 0 Å². The molecule has 4 heteroatoms. The van der Waals surface area contributed by atoms with Gasteiger partial charge in [0.2, 0.25) is 0 Å². The first kappa shape index (κ1) is 15.2. The molecule has 1 aliphatic heterocycles. The lowest BCUT2D eigenvalue weighted by Gasteiger charge is -2.33. The molecule has 1 atom stereocenters. The number of rotatable bonds is 4. The molecule has 118 valence electrons. The predicted molar refractivity (Wildman–Crippen MR) is 88.6 cm³/mol. The molecule has 0 amide bonds.